The maximum absolute atomic E-state index is 8.70. The number of hydrogen-bond donors (Lipinski definition) is 1. The number of nitrogens with one attached hydrogen (secondary N) is 1. The summed E-state index contributed by atoms with van der Waals surface area (Å²) >= 11 is 0. The van der Waals surface area contributed by atoms with Crippen LogP contribution in [0.3, 0.4) is 0 Å². The third kappa shape index (κ3) is 3.69. The van der Waals surface area contributed by atoms with E-state index in [4.69, 9.17) is 5.26 Å². The molecule has 0 saturated heterocycles. The topological polar surface area (TPSA) is 48.7 Å². The van der Waals surface area contributed by atoms with E-state index in [0.29, 0.717) is 11.7 Å². The summed E-state index contributed by atoms with van der Waals surface area (Å²) in [6, 6.07) is 6.37. The lowest BCUT2D eigenvalue weighted by Gasteiger charge is -2.14. The highest BCUT2D eigenvalue weighted by Crippen LogP contribution is 2.03. The summed E-state index contributed by atoms with van der Waals surface area (Å²) in [5.41, 5.74) is 1.60. The minimum Gasteiger partial charge on any atom is -0.310 e. The number of nitriles is 1. The Hall–Kier alpha value is -1.40. The molecule has 1 heterocycles. The molecule has 1 N–H and O–H groups in total. The first kappa shape index (κ1) is 11.7. The molecule has 0 aliphatic rings. The highest BCUT2D eigenvalue weighted by molar-refractivity contribution is 5.25. The summed E-state index contributed by atoms with van der Waals surface area (Å²) in [5, 5.41) is 12.1. The van der Waals surface area contributed by atoms with Gasteiger partial charge in [-0.15, -0.1) is 0 Å². The molecule has 0 radical (unpaired) electrons. The van der Waals surface area contributed by atoms with Gasteiger partial charge in [0.05, 0.1) is 0 Å². The summed E-state index contributed by atoms with van der Waals surface area (Å²) in [6.45, 7) is 5.16. The third-order valence-corrected chi connectivity index (χ3v) is 2.52. The molecule has 0 fully saturated rings. The second kappa shape index (κ2) is 6.15. The Morgan fingerprint density at radius 2 is 2.20 bits per heavy atom. The highest BCUT2D eigenvalue weighted by Gasteiger charge is 2.02. The van der Waals surface area contributed by atoms with E-state index in [-0.39, 0.29) is 0 Å². The molecule has 0 unspecified atom stereocenters. The Labute approximate surface area is 91.1 Å². The Morgan fingerprint density at radius 1 is 1.47 bits per heavy atom. The number of pyridine rings is 1. The zero-order valence-electron chi connectivity index (χ0n) is 9.33. The quantitative estimate of drug-likeness (QED) is 0.798. The van der Waals surface area contributed by atoms with Crippen LogP contribution in [0.15, 0.2) is 18.3 Å². The van der Waals surface area contributed by atoms with Crippen LogP contribution >= 0.6 is 0 Å². The van der Waals surface area contributed by atoms with Crippen molar-refractivity contribution in [1.82, 2.24) is 10.3 Å². The van der Waals surface area contributed by atoms with E-state index in [9.17, 15) is 0 Å². The first-order valence-corrected chi connectivity index (χ1v) is 5.38. The van der Waals surface area contributed by atoms with E-state index < -0.39 is 0 Å². The van der Waals surface area contributed by atoms with Gasteiger partial charge in [-0.1, -0.05) is 13.8 Å². The maximum atomic E-state index is 8.70. The second-order valence-electron chi connectivity index (χ2n) is 3.56. The third-order valence-electron chi connectivity index (χ3n) is 2.52. The Bertz CT molecular complexity index is 337. The van der Waals surface area contributed by atoms with E-state index in [0.717, 1.165) is 24.9 Å². The van der Waals surface area contributed by atoms with Gasteiger partial charge in [0.15, 0.2) is 0 Å². The lowest BCUT2D eigenvalue weighted by Crippen LogP contribution is -2.27. The molecule has 0 atom stereocenters. The molecule has 1 rings (SSSR count). The van der Waals surface area contributed by atoms with Crippen molar-refractivity contribution in [3.8, 4) is 6.07 Å². The molecule has 0 aromatic carbocycles. The van der Waals surface area contributed by atoms with Gasteiger partial charge in [0.2, 0.25) is 0 Å². The van der Waals surface area contributed by atoms with Crippen molar-refractivity contribution in [3.63, 3.8) is 0 Å². The molecule has 3 nitrogen and oxygen atoms in total. The van der Waals surface area contributed by atoms with Crippen molar-refractivity contribution in [2.45, 2.75) is 39.3 Å². The molecule has 0 aliphatic carbocycles. The molecular weight excluding hydrogens is 186 g/mol. The highest BCUT2D eigenvalue weighted by atomic mass is 14.9. The summed E-state index contributed by atoms with van der Waals surface area (Å²) in [7, 11) is 0. The molecular formula is C12H17N3. The largest absolute Gasteiger partial charge is 0.310 e. The van der Waals surface area contributed by atoms with Crippen LogP contribution in [0.1, 0.15) is 37.9 Å². The van der Waals surface area contributed by atoms with E-state index in [1.807, 2.05) is 18.2 Å². The minimum atomic E-state index is 0.485. The van der Waals surface area contributed by atoms with Crippen LogP contribution in [0.5, 0.6) is 0 Å². The maximum Gasteiger partial charge on any atom is 0.140 e. The number of aromatic nitrogens is 1. The fraction of sp³-hybridized carbons (Fsp3) is 0.500. The van der Waals surface area contributed by atoms with Gasteiger partial charge in [-0.3, -0.25) is 0 Å². The average Bonchev–Trinajstić information content (AvgIpc) is 2.31. The molecule has 3 heteroatoms. The standard InChI is InChI=1S/C12H17N3/c1-3-11(4-2)15-9-10-5-6-14-12(7-10)8-13/h5-7,11,15H,3-4,9H2,1-2H3. The van der Waals surface area contributed by atoms with Crippen molar-refractivity contribution < 1.29 is 0 Å². The normalized spacial score (nSPS) is 10.3. The van der Waals surface area contributed by atoms with Crippen LogP contribution in [0.4, 0.5) is 0 Å². The Morgan fingerprint density at radius 3 is 2.80 bits per heavy atom. The number of hydrogen-bond acceptors (Lipinski definition) is 3. The summed E-state index contributed by atoms with van der Waals surface area (Å²) in [6.07, 6.45) is 3.95. The van der Waals surface area contributed by atoms with Gasteiger partial charge in [-0.2, -0.15) is 5.26 Å². The van der Waals surface area contributed by atoms with Crippen LogP contribution in [0.2, 0.25) is 0 Å². The summed E-state index contributed by atoms with van der Waals surface area (Å²) < 4.78 is 0. The molecule has 15 heavy (non-hydrogen) atoms. The van der Waals surface area contributed by atoms with E-state index >= 15 is 0 Å². The molecule has 80 valence electrons. The van der Waals surface area contributed by atoms with Crippen molar-refractivity contribution in [2.24, 2.45) is 0 Å². The molecule has 0 saturated carbocycles. The predicted molar refractivity (Wildman–Crippen MR) is 60.2 cm³/mol. The minimum absolute atomic E-state index is 0.485. The zero-order valence-corrected chi connectivity index (χ0v) is 9.33. The second-order valence-corrected chi connectivity index (χ2v) is 3.56. The van der Waals surface area contributed by atoms with Crippen LogP contribution < -0.4 is 5.32 Å². The fourth-order valence-electron chi connectivity index (χ4n) is 1.48. The summed E-state index contributed by atoms with van der Waals surface area (Å²) in [5.74, 6) is 0. The van der Waals surface area contributed by atoms with Gasteiger partial charge in [-0.05, 0) is 30.5 Å². The van der Waals surface area contributed by atoms with Gasteiger partial charge in [0.25, 0.3) is 0 Å². The summed E-state index contributed by atoms with van der Waals surface area (Å²) in [4.78, 5) is 3.94. The monoisotopic (exact) mass is 203 g/mol. The molecule has 0 spiro atoms. The fourth-order valence-corrected chi connectivity index (χ4v) is 1.48. The van der Waals surface area contributed by atoms with E-state index in [1.54, 1.807) is 6.20 Å². The van der Waals surface area contributed by atoms with Gasteiger partial charge in [0, 0.05) is 18.8 Å². The Kier molecular flexibility index (Phi) is 4.79. The van der Waals surface area contributed by atoms with Crippen LogP contribution in [-0.4, -0.2) is 11.0 Å². The smallest absolute Gasteiger partial charge is 0.140 e. The molecule has 1 aromatic heterocycles. The number of rotatable bonds is 5. The van der Waals surface area contributed by atoms with Crippen molar-refractivity contribution in [2.75, 3.05) is 0 Å². The Balaban J connectivity index is 2.54. The first-order chi connectivity index (χ1) is 7.30. The van der Waals surface area contributed by atoms with E-state index in [1.165, 1.54) is 0 Å². The van der Waals surface area contributed by atoms with Gasteiger partial charge in [-0.25, -0.2) is 4.98 Å². The van der Waals surface area contributed by atoms with Gasteiger partial charge < -0.3 is 5.32 Å². The van der Waals surface area contributed by atoms with Crippen molar-refractivity contribution in [3.05, 3.63) is 29.6 Å². The van der Waals surface area contributed by atoms with Crippen LogP contribution in [0, 0.1) is 11.3 Å². The van der Waals surface area contributed by atoms with Crippen molar-refractivity contribution in [1.29, 1.82) is 5.26 Å². The molecule has 0 amide bonds. The van der Waals surface area contributed by atoms with Gasteiger partial charge in [0.1, 0.15) is 11.8 Å². The average molecular weight is 203 g/mol. The zero-order chi connectivity index (χ0) is 11.1. The molecule has 0 bridgehead atoms. The predicted octanol–water partition coefficient (Wildman–Crippen LogP) is 2.23. The first-order valence-electron chi connectivity index (χ1n) is 5.38. The van der Waals surface area contributed by atoms with Crippen molar-refractivity contribution >= 4 is 0 Å². The SMILES string of the molecule is CCC(CC)NCc1ccnc(C#N)c1. The molecule has 0 aliphatic heterocycles. The lowest BCUT2D eigenvalue weighted by molar-refractivity contribution is 0.484. The molecule has 1 aromatic rings. The van der Waals surface area contributed by atoms with Crippen LogP contribution in [-0.2, 0) is 6.54 Å². The van der Waals surface area contributed by atoms with Crippen LogP contribution in [0.25, 0.3) is 0 Å². The van der Waals surface area contributed by atoms with Gasteiger partial charge >= 0.3 is 0 Å². The number of nitrogens with zero attached hydrogens (tertiary/aromatic N) is 2. The lowest BCUT2D eigenvalue weighted by atomic mass is 10.1. The van der Waals surface area contributed by atoms with E-state index in [2.05, 4.69) is 24.1 Å².